The molecule has 0 radical (unpaired) electrons. The summed E-state index contributed by atoms with van der Waals surface area (Å²) >= 11 is 6.17. The zero-order valence-electron chi connectivity index (χ0n) is 11.8. The molecule has 0 bridgehead atoms. The maximum Gasteiger partial charge on any atom is 0.115 e. The maximum absolute atomic E-state index is 9.41. The molecule has 1 aromatic heterocycles. The molecule has 3 aromatic rings. The van der Waals surface area contributed by atoms with Gasteiger partial charge in [-0.15, -0.1) is 0 Å². The fourth-order valence-corrected chi connectivity index (χ4v) is 2.41. The average molecular weight is 308 g/mol. The molecule has 1 heterocycles. The molecule has 2 nitrogen and oxygen atoms in total. The molecule has 2 aromatic carbocycles. The van der Waals surface area contributed by atoms with Crippen molar-refractivity contribution in [3.05, 3.63) is 83.1 Å². The van der Waals surface area contributed by atoms with Crippen LogP contribution in [0, 0.1) is 0 Å². The molecule has 0 aliphatic carbocycles. The number of pyridine rings is 1. The first-order valence-electron chi connectivity index (χ1n) is 6.91. The minimum Gasteiger partial charge on any atom is -0.508 e. The molecule has 0 unspecified atom stereocenters. The molecule has 22 heavy (non-hydrogen) atoms. The summed E-state index contributed by atoms with van der Waals surface area (Å²) in [7, 11) is 0. The predicted octanol–water partition coefficient (Wildman–Crippen LogP) is 5.28. The van der Waals surface area contributed by atoms with Crippen LogP contribution >= 0.6 is 11.6 Å². The van der Waals surface area contributed by atoms with Crippen LogP contribution in [0.2, 0.25) is 5.02 Å². The van der Waals surface area contributed by atoms with Crippen molar-refractivity contribution in [2.24, 2.45) is 0 Å². The Bertz CT molecular complexity index is 810. The van der Waals surface area contributed by atoms with Crippen LogP contribution in [0.15, 0.2) is 66.9 Å². The van der Waals surface area contributed by atoms with Crippen molar-refractivity contribution < 1.29 is 5.11 Å². The number of aromatic hydroxyl groups is 1. The summed E-state index contributed by atoms with van der Waals surface area (Å²) in [6, 6.07) is 18.7. The van der Waals surface area contributed by atoms with Crippen molar-refractivity contribution in [1.82, 2.24) is 4.98 Å². The van der Waals surface area contributed by atoms with E-state index in [9.17, 15) is 5.11 Å². The topological polar surface area (TPSA) is 33.1 Å². The van der Waals surface area contributed by atoms with E-state index >= 15 is 0 Å². The van der Waals surface area contributed by atoms with E-state index in [2.05, 4.69) is 4.98 Å². The monoisotopic (exact) mass is 307 g/mol. The minimum absolute atomic E-state index is 0.251. The molecule has 0 aliphatic heterocycles. The second-order valence-corrected chi connectivity index (χ2v) is 5.25. The second kappa shape index (κ2) is 6.46. The van der Waals surface area contributed by atoms with E-state index in [-0.39, 0.29) is 5.75 Å². The molecule has 3 heteroatoms. The summed E-state index contributed by atoms with van der Waals surface area (Å²) in [6.07, 6.45) is 5.66. The highest BCUT2D eigenvalue weighted by molar-refractivity contribution is 6.32. The van der Waals surface area contributed by atoms with Crippen molar-refractivity contribution in [2.45, 2.75) is 0 Å². The molecule has 0 saturated heterocycles. The fraction of sp³-hybridized carbons (Fsp3) is 0. The largest absolute Gasteiger partial charge is 0.508 e. The second-order valence-electron chi connectivity index (χ2n) is 4.84. The highest BCUT2D eigenvalue weighted by Gasteiger charge is 2.04. The van der Waals surface area contributed by atoms with Crippen LogP contribution in [-0.4, -0.2) is 10.1 Å². The van der Waals surface area contributed by atoms with E-state index in [0.29, 0.717) is 5.02 Å². The van der Waals surface area contributed by atoms with Crippen molar-refractivity contribution in [1.29, 1.82) is 0 Å². The van der Waals surface area contributed by atoms with Crippen LogP contribution in [0.4, 0.5) is 0 Å². The Morgan fingerprint density at radius 2 is 1.64 bits per heavy atom. The Balaban J connectivity index is 1.98. The first-order chi connectivity index (χ1) is 10.7. The number of benzene rings is 2. The first kappa shape index (κ1) is 14.4. The normalized spacial score (nSPS) is 11.0. The average Bonchev–Trinajstić information content (AvgIpc) is 2.55. The van der Waals surface area contributed by atoms with Crippen LogP contribution < -0.4 is 0 Å². The molecule has 0 aliphatic rings. The first-order valence-corrected chi connectivity index (χ1v) is 7.29. The van der Waals surface area contributed by atoms with E-state index in [1.54, 1.807) is 18.3 Å². The zero-order valence-corrected chi connectivity index (χ0v) is 12.5. The number of nitrogens with zero attached hydrogens (tertiary/aromatic N) is 1. The Kier molecular flexibility index (Phi) is 4.22. The van der Waals surface area contributed by atoms with Crippen LogP contribution in [0.1, 0.15) is 11.3 Å². The van der Waals surface area contributed by atoms with Gasteiger partial charge >= 0.3 is 0 Å². The summed E-state index contributed by atoms with van der Waals surface area (Å²) in [5, 5.41) is 10.1. The van der Waals surface area contributed by atoms with Crippen LogP contribution in [0.25, 0.3) is 23.3 Å². The molecule has 0 fully saturated rings. The van der Waals surface area contributed by atoms with Gasteiger partial charge in [0.25, 0.3) is 0 Å². The lowest BCUT2D eigenvalue weighted by atomic mass is 10.0. The number of halogens is 1. The van der Waals surface area contributed by atoms with Gasteiger partial charge in [-0.25, -0.2) is 0 Å². The SMILES string of the molecule is Oc1ccc(-c2cccnc2C=Cc2ccccc2Cl)cc1. The quantitative estimate of drug-likeness (QED) is 0.714. The summed E-state index contributed by atoms with van der Waals surface area (Å²) < 4.78 is 0. The summed E-state index contributed by atoms with van der Waals surface area (Å²) in [6.45, 7) is 0. The number of hydrogen-bond acceptors (Lipinski definition) is 2. The van der Waals surface area contributed by atoms with Crippen LogP contribution in [0.5, 0.6) is 5.75 Å². The Labute approximate surface area is 134 Å². The number of hydrogen-bond donors (Lipinski definition) is 1. The standard InChI is InChI=1S/C19H14ClNO/c20-18-6-2-1-4-15(18)9-12-19-17(5-3-13-21-19)14-7-10-16(22)11-8-14/h1-13,22H. The minimum atomic E-state index is 0.251. The van der Waals surface area contributed by atoms with E-state index in [4.69, 9.17) is 11.6 Å². The molecule has 108 valence electrons. The van der Waals surface area contributed by atoms with Gasteiger partial charge in [0.05, 0.1) is 5.69 Å². The van der Waals surface area contributed by atoms with Gasteiger partial charge in [-0.2, -0.15) is 0 Å². The molecular formula is C19H14ClNO. The fourth-order valence-electron chi connectivity index (χ4n) is 2.21. The Hall–Kier alpha value is -2.58. The van der Waals surface area contributed by atoms with Gasteiger partial charge in [-0.3, -0.25) is 4.98 Å². The number of rotatable bonds is 3. The van der Waals surface area contributed by atoms with Gasteiger partial charge < -0.3 is 5.11 Å². The lowest BCUT2D eigenvalue weighted by Gasteiger charge is -2.06. The molecular weight excluding hydrogens is 294 g/mol. The van der Waals surface area contributed by atoms with Crippen LogP contribution in [-0.2, 0) is 0 Å². The number of phenolic OH excluding ortho intramolecular Hbond substituents is 1. The van der Waals surface area contributed by atoms with Crippen LogP contribution in [0.3, 0.4) is 0 Å². The summed E-state index contributed by atoms with van der Waals surface area (Å²) in [4.78, 5) is 4.43. The highest BCUT2D eigenvalue weighted by Crippen LogP contribution is 2.26. The van der Waals surface area contributed by atoms with Gasteiger partial charge in [0, 0.05) is 16.8 Å². The lowest BCUT2D eigenvalue weighted by Crippen LogP contribution is -1.87. The van der Waals surface area contributed by atoms with E-state index in [1.807, 2.05) is 60.7 Å². The number of phenols is 1. The van der Waals surface area contributed by atoms with Gasteiger partial charge in [-0.1, -0.05) is 54.1 Å². The van der Waals surface area contributed by atoms with Crippen molar-refractivity contribution >= 4 is 23.8 Å². The van der Waals surface area contributed by atoms with Crippen molar-refractivity contribution in [3.63, 3.8) is 0 Å². The molecule has 0 amide bonds. The summed E-state index contributed by atoms with van der Waals surface area (Å²) in [5.41, 5.74) is 3.81. The highest BCUT2D eigenvalue weighted by atomic mass is 35.5. The predicted molar refractivity (Wildman–Crippen MR) is 91.7 cm³/mol. The van der Waals surface area contributed by atoms with E-state index < -0.39 is 0 Å². The van der Waals surface area contributed by atoms with Gasteiger partial charge in [0.1, 0.15) is 5.75 Å². The van der Waals surface area contributed by atoms with E-state index in [1.165, 1.54) is 0 Å². The third kappa shape index (κ3) is 3.18. The van der Waals surface area contributed by atoms with Gasteiger partial charge in [0.2, 0.25) is 0 Å². The number of aromatic nitrogens is 1. The molecule has 0 spiro atoms. The maximum atomic E-state index is 9.41. The Morgan fingerprint density at radius 3 is 2.41 bits per heavy atom. The summed E-state index contributed by atoms with van der Waals surface area (Å²) in [5.74, 6) is 0.251. The third-order valence-corrected chi connectivity index (χ3v) is 3.69. The zero-order chi connectivity index (χ0) is 15.4. The van der Waals surface area contributed by atoms with E-state index in [0.717, 1.165) is 22.4 Å². The smallest absolute Gasteiger partial charge is 0.115 e. The third-order valence-electron chi connectivity index (χ3n) is 3.34. The molecule has 3 rings (SSSR count). The van der Waals surface area contributed by atoms with Gasteiger partial charge in [0.15, 0.2) is 0 Å². The Morgan fingerprint density at radius 1 is 0.864 bits per heavy atom. The van der Waals surface area contributed by atoms with Crippen molar-refractivity contribution in [2.75, 3.05) is 0 Å². The van der Waals surface area contributed by atoms with Gasteiger partial charge in [-0.05, 0) is 41.5 Å². The van der Waals surface area contributed by atoms with Crippen molar-refractivity contribution in [3.8, 4) is 16.9 Å². The molecule has 0 saturated carbocycles. The lowest BCUT2D eigenvalue weighted by molar-refractivity contribution is 0.475. The molecule has 1 N–H and O–H groups in total. The molecule has 0 atom stereocenters.